The van der Waals surface area contributed by atoms with Gasteiger partial charge in [0, 0.05) is 87.6 Å². The predicted octanol–water partition coefficient (Wildman–Crippen LogP) is 28.8. The van der Waals surface area contributed by atoms with Gasteiger partial charge in [0.1, 0.15) is 45.2 Å². The molecule has 4 aliphatic heterocycles. The number of ether oxygens (including phenoxy) is 6. The summed E-state index contributed by atoms with van der Waals surface area (Å²) in [4.78, 5) is 81.8. The minimum atomic E-state index is 0.325. The second-order valence-corrected chi connectivity index (χ2v) is 36.9. The lowest BCUT2D eigenvalue weighted by Crippen LogP contribution is -2.14. The molecule has 22 nitrogen and oxygen atoms in total. The van der Waals surface area contributed by atoms with Gasteiger partial charge in [0.2, 0.25) is 0 Å². The molecular weight excluding hydrogens is 1640 g/mol. The van der Waals surface area contributed by atoms with E-state index in [1.54, 1.807) is 0 Å². The van der Waals surface area contributed by atoms with Gasteiger partial charge in [-0.2, -0.15) is 0 Å². The fourth-order valence-corrected chi connectivity index (χ4v) is 19.0. The average molecular weight is 1770 g/mol. The van der Waals surface area contributed by atoms with Gasteiger partial charge in [0.15, 0.2) is 81.1 Å². The highest BCUT2D eigenvalue weighted by atomic mass is 16.5. The van der Waals surface area contributed by atoms with Crippen LogP contribution in [-0.2, 0) is 0 Å². The van der Waals surface area contributed by atoms with E-state index >= 15 is 0 Å². The van der Waals surface area contributed by atoms with Gasteiger partial charge >= 0.3 is 0 Å². The zero-order valence-electron chi connectivity index (χ0n) is 79.2. The van der Waals surface area contributed by atoms with Crippen molar-refractivity contribution in [1.82, 2.24) is 79.7 Å². The third kappa shape index (κ3) is 18.9. The van der Waals surface area contributed by atoms with Crippen LogP contribution in [0.5, 0.6) is 34.5 Å². The molecule has 14 aromatic rings. The van der Waals surface area contributed by atoms with Crippen LogP contribution in [0.1, 0.15) is 237 Å². The maximum atomic E-state index is 7.17. The van der Waals surface area contributed by atoms with Crippen LogP contribution in [-0.4, -0.2) is 119 Å². The van der Waals surface area contributed by atoms with Crippen molar-refractivity contribution in [3.05, 3.63) is 133 Å². The van der Waals surface area contributed by atoms with Gasteiger partial charge in [-0.15, -0.1) is 0 Å². The molecular formula is C110H128N16O6. The van der Waals surface area contributed by atoms with Crippen molar-refractivity contribution in [2.75, 3.05) is 39.6 Å². The predicted molar refractivity (Wildman–Crippen MR) is 536 cm³/mol. The smallest absolute Gasteiger partial charge is 0.164 e. The van der Waals surface area contributed by atoms with Crippen molar-refractivity contribution in [1.29, 1.82) is 0 Å². The number of benzene rings is 8. The maximum absolute atomic E-state index is 7.17. The molecule has 22 heteroatoms. The Morgan fingerprint density at radius 3 is 0.614 bits per heavy atom. The van der Waals surface area contributed by atoms with Crippen molar-refractivity contribution in [2.45, 2.75) is 237 Å². The van der Waals surface area contributed by atoms with Gasteiger partial charge < -0.3 is 48.4 Å². The van der Waals surface area contributed by atoms with Crippen LogP contribution in [0.15, 0.2) is 133 Å². The molecule has 0 spiro atoms. The largest absolute Gasteiger partial charge is 0.489 e. The first-order chi connectivity index (χ1) is 64.8. The lowest BCUT2D eigenvalue weighted by molar-refractivity contribution is 0.199. The summed E-state index contributed by atoms with van der Waals surface area (Å²) in [6, 6.07) is 45.8. The van der Waals surface area contributed by atoms with Gasteiger partial charge in [0.25, 0.3) is 0 Å². The Balaban J connectivity index is 0.926. The molecule has 0 fully saturated rings. The van der Waals surface area contributed by atoms with Crippen molar-refractivity contribution >= 4 is 99.0 Å². The van der Waals surface area contributed by atoms with Gasteiger partial charge in [0.05, 0.1) is 39.6 Å². The standard InChI is InChI=1S/C110H128N16O6/c1-13-25-37-65(19-7)59-127-89-53-83-85(55-91(89)129-61-67(21-9)39-27-15-3)107-122-105(83)120-103-81-51-71-49-79-80(102-117-100-78-48-36-34-46-76(78)98(115-100)113-96-74-44-32-31-43-73(74)95(111-96)112-97-75-45-33-35-47-77(75)99(114-97)116-101(79)118-102)50-72(71)52-82(81)104(119-103)121-106-84-54-90(128-60-66(20-8)38-26-14-2)92(130-62-68(22-10)40-28-16-4)56-86(84)108(123-106)125-110-88-58-94(132-64-70(24-12)42-30-18-6)93(57-87(88)109(124-107)126-110)131-63-69(23-11)41-29-17-5/h31-36,43-58,65-70H,13-30,37-42,59-64H2,1-12H3,(H2,111,112,113,114,115,116,117,118)(H2,119,120,121,122,123,124,125,126). The summed E-state index contributed by atoms with van der Waals surface area (Å²) in [5.41, 5.74) is 10.6. The average Bonchev–Trinajstić information content (AvgIpc) is 1.58. The molecule has 18 rings (SSSR count). The van der Waals surface area contributed by atoms with E-state index in [0.29, 0.717) is 201 Å². The molecule has 10 heterocycles. The summed E-state index contributed by atoms with van der Waals surface area (Å²) in [6.07, 6.45) is 25.5. The number of rotatable bonds is 42. The van der Waals surface area contributed by atoms with E-state index in [0.717, 1.165) is 252 Å². The molecule has 0 saturated carbocycles. The molecule has 0 amide bonds. The Kier molecular flexibility index (Phi) is 28.1. The number of nitrogens with one attached hydrogen (secondary N) is 4. The van der Waals surface area contributed by atoms with Crippen LogP contribution < -0.4 is 28.4 Å². The summed E-state index contributed by atoms with van der Waals surface area (Å²) in [5.74, 6) is 9.46. The maximum Gasteiger partial charge on any atom is 0.164 e. The van der Waals surface area contributed by atoms with Crippen molar-refractivity contribution < 1.29 is 28.4 Å². The lowest BCUT2D eigenvalue weighted by atomic mass is 9.99. The fraction of sp³-hybridized carbons (Fsp3) is 0.436. The Hall–Kier alpha value is -12.5. The molecule has 0 radical (unpaired) electrons. The molecule has 6 unspecified atom stereocenters. The number of aromatic nitrogens is 16. The minimum absolute atomic E-state index is 0.325. The SMILES string of the molecule is CCCCC(CC)COc1cc2c(cc1OCC(CC)CCCC)-c1nc-2nc2[nH]c(nc3nc(nc4[nH]c(n1)c1cc5cc6c(cc5cc41)-c1nc-6nc4[nH]c(nc5nc(nc6[nH]c(n1)c1ccccc61)-c1ccccc1-5)c1ccccc41)-c1cc(OCC(CC)CCCC)c(OCC(CC)CCCC)cc1-3)c1cc(OCC(CC)CCCC)c(OCC(CC)CCCC)cc21. The van der Waals surface area contributed by atoms with Crippen LogP contribution in [0.4, 0.5) is 0 Å². The molecule has 6 aromatic heterocycles. The summed E-state index contributed by atoms with van der Waals surface area (Å²) in [6.45, 7) is 30.2. The first-order valence-electron chi connectivity index (χ1n) is 49.7. The van der Waals surface area contributed by atoms with E-state index in [1.807, 2.05) is 48.5 Å². The van der Waals surface area contributed by atoms with Gasteiger partial charge in [-0.25, -0.2) is 59.8 Å². The van der Waals surface area contributed by atoms with Crippen LogP contribution in [0, 0.1) is 35.5 Å². The second kappa shape index (κ2) is 41.1. The molecule has 4 N–H and O–H groups in total. The van der Waals surface area contributed by atoms with Crippen molar-refractivity contribution in [3.63, 3.8) is 0 Å². The number of aromatic amines is 4. The van der Waals surface area contributed by atoms with Gasteiger partial charge in [-0.05, 0) is 145 Å². The van der Waals surface area contributed by atoms with Gasteiger partial charge in [-0.1, -0.05) is 271 Å². The first-order valence-corrected chi connectivity index (χ1v) is 49.7. The van der Waals surface area contributed by atoms with Crippen LogP contribution in [0.2, 0.25) is 0 Å². The molecule has 0 saturated heterocycles. The van der Waals surface area contributed by atoms with Crippen LogP contribution in [0.25, 0.3) is 190 Å². The third-order valence-corrected chi connectivity index (χ3v) is 27.8. The van der Waals surface area contributed by atoms with E-state index in [-0.39, 0.29) is 0 Å². The van der Waals surface area contributed by atoms with Crippen molar-refractivity contribution in [3.8, 4) is 126 Å². The first kappa shape index (κ1) is 90.1. The van der Waals surface area contributed by atoms with E-state index in [4.69, 9.17) is 88.2 Å². The normalized spacial score (nSPS) is 13.6. The Morgan fingerprint density at radius 1 is 0.205 bits per heavy atom. The number of nitrogens with zero attached hydrogens (tertiary/aromatic N) is 12. The molecule has 6 atom stereocenters. The highest BCUT2D eigenvalue weighted by Gasteiger charge is 2.32. The zero-order chi connectivity index (χ0) is 90.9. The zero-order valence-corrected chi connectivity index (χ0v) is 79.2. The lowest BCUT2D eigenvalue weighted by Gasteiger charge is -2.21. The third-order valence-electron chi connectivity index (χ3n) is 27.8. The van der Waals surface area contributed by atoms with E-state index in [2.05, 4.69) is 188 Å². The summed E-state index contributed by atoms with van der Waals surface area (Å²) < 4.78 is 43.0. The van der Waals surface area contributed by atoms with E-state index in [9.17, 15) is 0 Å². The number of unbranched alkanes of at least 4 members (excludes halogenated alkanes) is 6. The molecule has 8 aromatic carbocycles. The Labute approximate surface area is 774 Å². The topological polar surface area (TPSA) is 273 Å². The number of H-pyrrole nitrogens is 4. The fourth-order valence-electron chi connectivity index (χ4n) is 19.0. The molecule has 132 heavy (non-hydrogen) atoms. The van der Waals surface area contributed by atoms with Crippen molar-refractivity contribution in [2.24, 2.45) is 35.5 Å². The quantitative estimate of drug-likeness (QED) is 0.0277. The number of hydrogen-bond acceptors (Lipinski definition) is 18. The summed E-state index contributed by atoms with van der Waals surface area (Å²) in [5, 5.41) is 8.33. The van der Waals surface area contributed by atoms with Crippen LogP contribution >= 0.6 is 0 Å². The number of hydrogen-bond donors (Lipinski definition) is 4. The highest BCUT2D eigenvalue weighted by molar-refractivity contribution is 6.14. The monoisotopic (exact) mass is 1770 g/mol. The number of fused-ring (bicyclic) bond motifs is 41. The minimum Gasteiger partial charge on any atom is -0.489 e. The summed E-state index contributed by atoms with van der Waals surface area (Å²) in [7, 11) is 0. The second-order valence-electron chi connectivity index (χ2n) is 36.9. The molecule has 16 bridgehead atoms. The Bertz CT molecular complexity index is 6510. The Morgan fingerprint density at radius 2 is 0.394 bits per heavy atom. The highest BCUT2D eigenvalue weighted by Crippen LogP contribution is 2.49. The molecule has 4 aliphatic rings. The summed E-state index contributed by atoms with van der Waals surface area (Å²) >= 11 is 0. The molecule has 0 aliphatic carbocycles. The molecule has 684 valence electrons. The van der Waals surface area contributed by atoms with Crippen LogP contribution in [0.3, 0.4) is 0 Å². The van der Waals surface area contributed by atoms with Gasteiger partial charge in [-0.3, -0.25) is 0 Å². The van der Waals surface area contributed by atoms with E-state index < -0.39 is 0 Å². The van der Waals surface area contributed by atoms with E-state index in [1.165, 1.54) is 0 Å².